The lowest BCUT2D eigenvalue weighted by molar-refractivity contribution is -0.116. The van der Waals surface area contributed by atoms with Gasteiger partial charge in [0, 0.05) is 23.9 Å². The number of carbonyl (C=O) groups excluding carboxylic acids is 1. The van der Waals surface area contributed by atoms with Crippen molar-refractivity contribution in [1.82, 2.24) is 15.2 Å². The standard InChI is InChI=1S/C12H16N4OS2/c1-8(2)11-15-16-12(19-11)14-9(17)4-3-5-10-13-6-7-18-10/h6-8H,3-5H2,1-2H3,(H,14,16,17). The first-order chi connectivity index (χ1) is 9.15. The normalized spacial score (nSPS) is 10.9. The minimum absolute atomic E-state index is 0.0111. The lowest BCUT2D eigenvalue weighted by atomic mass is 10.2. The summed E-state index contributed by atoms with van der Waals surface area (Å²) in [6.07, 6.45) is 3.92. The second kappa shape index (κ2) is 6.72. The van der Waals surface area contributed by atoms with Crippen LogP contribution < -0.4 is 5.32 Å². The second-order valence-corrected chi connectivity index (χ2v) is 6.42. The smallest absolute Gasteiger partial charge is 0.226 e. The van der Waals surface area contributed by atoms with Crippen LogP contribution in [-0.2, 0) is 11.2 Å². The van der Waals surface area contributed by atoms with Gasteiger partial charge < -0.3 is 5.32 Å². The summed E-state index contributed by atoms with van der Waals surface area (Å²) in [5.41, 5.74) is 0. The summed E-state index contributed by atoms with van der Waals surface area (Å²) >= 11 is 3.06. The van der Waals surface area contributed by atoms with E-state index in [1.807, 2.05) is 5.38 Å². The average molecular weight is 296 g/mol. The second-order valence-electron chi connectivity index (χ2n) is 4.43. The van der Waals surface area contributed by atoms with Crippen molar-refractivity contribution in [2.75, 3.05) is 5.32 Å². The molecule has 0 atom stereocenters. The van der Waals surface area contributed by atoms with Gasteiger partial charge in [0.2, 0.25) is 11.0 Å². The van der Waals surface area contributed by atoms with Crippen LogP contribution in [0.15, 0.2) is 11.6 Å². The summed E-state index contributed by atoms with van der Waals surface area (Å²) < 4.78 is 0. The molecule has 1 amide bonds. The van der Waals surface area contributed by atoms with Crippen LogP contribution in [0.5, 0.6) is 0 Å². The summed E-state index contributed by atoms with van der Waals surface area (Å²) in [7, 11) is 0. The van der Waals surface area contributed by atoms with Crippen LogP contribution in [-0.4, -0.2) is 21.1 Å². The highest BCUT2D eigenvalue weighted by atomic mass is 32.1. The van der Waals surface area contributed by atoms with Crippen LogP contribution in [0.2, 0.25) is 0 Å². The van der Waals surface area contributed by atoms with Gasteiger partial charge >= 0.3 is 0 Å². The van der Waals surface area contributed by atoms with Gasteiger partial charge in [-0.3, -0.25) is 4.79 Å². The highest BCUT2D eigenvalue weighted by molar-refractivity contribution is 7.15. The van der Waals surface area contributed by atoms with E-state index in [0.717, 1.165) is 22.9 Å². The number of carbonyl (C=O) groups is 1. The molecule has 0 spiro atoms. The fourth-order valence-electron chi connectivity index (χ4n) is 1.48. The SMILES string of the molecule is CC(C)c1nnc(NC(=O)CCCc2nccs2)s1. The molecule has 102 valence electrons. The van der Waals surface area contributed by atoms with E-state index in [0.29, 0.717) is 17.5 Å². The molecule has 2 aromatic heterocycles. The Kier molecular flexibility index (Phi) is 4.98. The first kappa shape index (κ1) is 14.1. The maximum atomic E-state index is 11.7. The number of aryl methyl sites for hydroxylation is 1. The Morgan fingerprint density at radius 2 is 2.26 bits per heavy atom. The predicted molar refractivity (Wildman–Crippen MR) is 77.7 cm³/mol. The topological polar surface area (TPSA) is 67.8 Å². The van der Waals surface area contributed by atoms with Gasteiger partial charge in [-0.1, -0.05) is 25.2 Å². The Morgan fingerprint density at radius 1 is 1.42 bits per heavy atom. The Hall–Kier alpha value is -1.34. The van der Waals surface area contributed by atoms with Gasteiger partial charge in [0.1, 0.15) is 5.01 Å². The van der Waals surface area contributed by atoms with Gasteiger partial charge in [-0.15, -0.1) is 21.5 Å². The molecular formula is C12H16N4OS2. The molecule has 19 heavy (non-hydrogen) atoms. The Bertz CT molecular complexity index is 522. The quantitative estimate of drug-likeness (QED) is 0.889. The molecule has 0 fully saturated rings. The fraction of sp³-hybridized carbons (Fsp3) is 0.500. The Morgan fingerprint density at radius 3 is 2.89 bits per heavy atom. The summed E-state index contributed by atoms with van der Waals surface area (Å²) in [6, 6.07) is 0. The number of hydrogen-bond donors (Lipinski definition) is 1. The number of hydrogen-bond acceptors (Lipinski definition) is 6. The summed E-state index contributed by atoms with van der Waals surface area (Å²) in [5, 5.41) is 15.3. The molecule has 0 aliphatic carbocycles. The van der Waals surface area contributed by atoms with Gasteiger partial charge in [0.15, 0.2) is 0 Å². The lowest BCUT2D eigenvalue weighted by Crippen LogP contribution is -2.11. The number of aromatic nitrogens is 3. The molecule has 2 rings (SSSR count). The molecule has 2 heterocycles. The van der Waals surface area contributed by atoms with E-state index in [-0.39, 0.29) is 5.91 Å². The molecule has 0 bridgehead atoms. The highest BCUT2D eigenvalue weighted by Gasteiger charge is 2.10. The average Bonchev–Trinajstić information content (AvgIpc) is 3.00. The van der Waals surface area contributed by atoms with Crippen LogP contribution in [0.1, 0.15) is 42.6 Å². The van der Waals surface area contributed by atoms with Crippen LogP contribution >= 0.6 is 22.7 Å². The molecule has 1 N–H and O–H groups in total. The Balaban J connectivity index is 1.74. The number of thiazole rings is 1. The first-order valence-electron chi connectivity index (χ1n) is 6.17. The van der Waals surface area contributed by atoms with Crippen molar-refractivity contribution in [2.45, 2.75) is 39.0 Å². The van der Waals surface area contributed by atoms with Crippen LogP contribution in [0.25, 0.3) is 0 Å². The Labute approximate surface area is 120 Å². The van der Waals surface area contributed by atoms with Crippen molar-refractivity contribution in [2.24, 2.45) is 0 Å². The molecule has 0 unspecified atom stereocenters. The monoisotopic (exact) mass is 296 g/mol. The number of amides is 1. The third kappa shape index (κ3) is 4.36. The van der Waals surface area contributed by atoms with E-state index in [4.69, 9.17) is 0 Å². The van der Waals surface area contributed by atoms with Gasteiger partial charge in [0.25, 0.3) is 0 Å². The molecule has 0 aromatic carbocycles. The van der Waals surface area contributed by atoms with Crippen molar-refractivity contribution in [3.8, 4) is 0 Å². The minimum Gasteiger partial charge on any atom is -0.301 e. The largest absolute Gasteiger partial charge is 0.301 e. The third-order valence-corrected chi connectivity index (χ3v) is 4.44. The van der Waals surface area contributed by atoms with Gasteiger partial charge in [0.05, 0.1) is 5.01 Å². The maximum Gasteiger partial charge on any atom is 0.226 e. The zero-order valence-electron chi connectivity index (χ0n) is 10.9. The van der Waals surface area contributed by atoms with Gasteiger partial charge in [-0.05, 0) is 12.8 Å². The lowest BCUT2D eigenvalue weighted by Gasteiger charge is -2.00. The van der Waals surface area contributed by atoms with Crippen LogP contribution in [0, 0.1) is 0 Å². The summed E-state index contributed by atoms with van der Waals surface area (Å²) in [5.74, 6) is 0.330. The number of rotatable bonds is 6. The third-order valence-electron chi connectivity index (χ3n) is 2.46. The van der Waals surface area contributed by atoms with E-state index in [1.165, 1.54) is 11.3 Å². The first-order valence-corrected chi connectivity index (χ1v) is 7.86. The van der Waals surface area contributed by atoms with Crippen LogP contribution in [0.3, 0.4) is 0 Å². The van der Waals surface area contributed by atoms with Crippen molar-refractivity contribution in [3.63, 3.8) is 0 Å². The zero-order valence-corrected chi connectivity index (χ0v) is 12.6. The molecule has 0 aliphatic rings. The van der Waals surface area contributed by atoms with Crippen molar-refractivity contribution < 1.29 is 4.79 Å². The molecule has 0 saturated heterocycles. The van der Waals surface area contributed by atoms with E-state index in [2.05, 4.69) is 34.3 Å². The summed E-state index contributed by atoms with van der Waals surface area (Å²) in [4.78, 5) is 15.9. The predicted octanol–water partition coefficient (Wildman–Crippen LogP) is 3.08. The molecule has 0 aliphatic heterocycles. The highest BCUT2D eigenvalue weighted by Crippen LogP contribution is 2.22. The molecule has 7 heteroatoms. The van der Waals surface area contributed by atoms with E-state index in [1.54, 1.807) is 17.5 Å². The number of nitrogens with zero attached hydrogens (tertiary/aromatic N) is 3. The molecule has 5 nitrogen and oxygen atoms in total. The van der Waals surface area contributed by atoms with Crippen molar-refractivity contribution in [1.29, 1.82) is 0 Å². The molecule has 0 saturated carbocycles. The number of nitrogens with one attached hydrogen (secondary N) is 1. The van der Waals surface area contributed by atoms with Gasteiger partial charge in [-0.25, -0.2) is 4.98 Å². The molecule has 2 aromatic rings. The van der Waals surface area contributed by atoms with Crippen molar-refractivity contribution in [3.05, 3.63) is 21.6 Å². The van der Waals surface area contributed by atoms with Crippen molar-refractivity contribution >= 4 is 33.7 Å². The minimum atomic E-state index is -0.0111. The summed E-state index contributed by atoms with van der Waals surface area (Å²) in [6.45, 7) is 4.11. The molecule has 0 radical (unpaired) electrons. The molecular weight excluding hydrogens is 280 g/mol. The zero-order chi connectivity index (χ0) is 13.7. The fourth-order valence-corrected chi connectivity index (χ4v) is 2.90. The van der Waals surface area contributed by atoms with E-state index in [9.17, 15) is 4.79 Å². The maximum absolute atomic E-state index is 11.7. The van der Waals surface area contributed by atoms with Gasteiger partial charge in [-0.2, -0.15) is 0 Å². The van der Waals surface area contributed by atoms with E-state index >= 15 is 0 Å². The van der Waals surface area contributed by atoms with Crippen LogP contribution in [0.4, 0.5) is 5.13 Å². The number of anilines is 1. The van der Waals surface area contributed by atoms with E-state index < -0.39 is 0 Å².